The van der Waals surface area contributed by atoms with Gasteiger partial charge in [0.1, 0.15) is 5.65 Å². The third-order valence-corrected chi connectivity index (χ3v) is 5.37. The van der Waals surface area contributed by atoms with Crippen LogP contribution in [0, 0.1) is 13.8 Å². The van der Waals surface area contributed by atoms with Gasteiger partial charge in [0.2, 0.25) is 0 Å². The number of aromatic nitrogens is 2. The van der Waals surface area contributed by atoms with Crippen molar-refractivity contribution in [2.75, 3.05) is 31.1 Å². The summed E-state index contributed by atoms with van der Waals surface area (Å²) in [7, 11) is 0. The summed E-state index contributed by atoms with van der Waals surface area (Å²) in [6, 6.07) is 11.6. The van der Waals surface area contributed by atoms with Gasteiger partial charge >= 0.3 is 0 Å². The first-order valence-electron chi connectivity index (χ1n) is 9.22. The van der Waals surface area contributed by atoms with Crippen molar-refractivity contribution in [1.82, 2.24) is 14.3 Å². The highest BCUT2D eigenvalue weighted by atomic mass is 35.5. The highest BCUT2D eigenvalue weighted by Crippen LogP contribution is 2.25. The number of pyridine rings is 1. The van der Waals surface area contributed by atoms with Crippen LogP contribution in [-0.2, 0) is 6.54 Å². The molecule has 0 N–H and O–H groups in total. The van der Waals surface area contributed by atoms with E-state index in [9.17, 15) is 4.79 Å². The Morgan fingerprint density at radius 1 is 1.04 bits per heavy atom. The van der Waals surface area contributed by atoms with E-state index in [2.05, 4.69) is 27.8 Å². The van der Waals surface area contributed by atoms with E-state index >= 15 is 0 Å². The molecule has 0 saturated carbocycles. The molecular weight excluding hydrogens is 360 g/mol. The fourth-order valence-electron chi connectivity index (χ4n) is 3.64. The lowest BCUT2D eigenvalue weighted by Crippen LogP contribution is -2.46. The van der Waals surface area contributed by atoms with Gasteiger partial charge in [0, 0.05) is 55.7 Å². The van der Waals surface area contributed by atoms with E-state index in [0.717, 1.165) is 42.5 Å². The van der Waals surface area contributed by atoms with Gasteiger partial charge in [0.05, 0.1) is 5.69 Å². The molecule has 0 spiro atoms. The standard InChI is InChI=1S/C21H23ClN4O/c1-15-3-6-20-23-18(12-21(27)26(20)13-15)14-24-7-9-25(10-8-24)19-11-17(22)5-4-16(19)2/h3-6,11-13H,7-10,14H2,1-2H3. The van der Waals surface area contributed by atoms with Crippen LogP contribution in [0.4, 0.5) is 5.69 Å². The van der Waals surface area contributed by atoms with E-state index in [0.29, 0.717) is 12.2 Å². The minimum absolute atomic E-state index is 0.0214. The third kappa shape index (κ3) is 3.84. The smallest absolute Gasteiger partial charge is 0.258 e. The summed E-state index contributed by atoms with van der Waals surface area (Å²) in [4.78, 5) is 21.8. The molecule has 140 valence electrons. The monoisotopic (exact) mass is 382 g/mol. The summed E-state index contributed by atoms with van der Waals surface area (Å²) in [5.74, 6) is 0. The minimum atomic E-state index is -0.0214. The molecule has 0 bridgehead atoms. The Labute approximate surface area is 163 Å². The Bertz CT molecular complexity index is 1040. The maximum atomic E-state index is 12.4. The van der Waals surface area contributed by atoms with Crippen molar-refractivity contribution in [1.29, 1.82) is 0 Å². The van der Waals surface area contributed by atoms with E-state index in [-0.39, 0.29) is 5.56 Å². The largest absolute Gasteiger partial charge is 0.369 e. The molecule has 1 saturated heterocycles. The minimum Gasteiger partial charge on any atom is -0.369 e. The fourth-order valence-corrected chi connectivity index (χ4v) is 3.80. The van der Waals surface area contributed by atoms with Crippen LogP contribution in [-0.4, -0.2) is 40.5 Å². The highest BCUT2D eigenvalue weighted by Gasteiger charge is 2.19. The molecule has 3 aromatic rings. The molecule has 4 rings (SSSR count). The number of aryl methyl sites for hydroxylation is 2. The zero-order chi connectivity index (χ0) is 19.0. The molecular formula is C21H23ClN4O. The maximum Gasteiger partial charge on any atom is 0.258 e. The van der Waals surface area contributed by atoms with Gasteiger partial charge < -0.3 is 4.90 Å². The maximum absolute atomic E-state index is 12.4. The van der Waals surface area contributed by atoms with Crippen molar-refractivity contribution in [2.24, 2.45) is 0 Å². The van der Waals surface area contributed by atoms with Gasteiger partial charge in [-0.05, 0) is 43.2 Å². The number of rotatable bonds is 3. The zero-order valence-corrected chi connectivity index (χ0v) is 16.4. The molecule has 1 aromatic carbocycles. The van der Waals surface area contributed by atoms with Gasteiger partial charge in [-0.25, -0.2) is 4.98 Å². The van der Waals surface area contributed by atoms with Gasteiger partial charge in [-0.3, -0.25) is 14.1 Å². The van der Waals surface area contributed by atoms with Crippen LogP contribution in [0.5, 0.6) is 0 Å². The molecule has 2 aromatic heterocycles. The molecule has 3 heterocycles. The molecule has 0 unspecified atom stereocenters. The Balaban J connectivity index is 1.46. The highest BCUT2D eigenvalue weighted by molar-refractivity contribution is 6.30. The molecule has 1 fully saturated rings. The summed E-state index contributed by atoms with van der Waals surface area (Å²) >= 11 is 6.17. The average molecular weight is 383 g/mol. The second-order valence-corrected chi connectivity index (χ2v) is 7.65. The zero-order valence-electron chi connectivity index (χ0n) is 15.7. The number of benzene rings is 1. The Kier molecular flexibility index (Phi) is 4.89. The number of anilines is 1. The van der Waals surface area contributed by atoms with Crippen molar-refractivity contribution >= 4 is 22.9 Å². The topological polar surface area (TPSA) is 40.9 Å². The molecule has 5 nitrogen and oxygen atoms in total. The van der Waals surface area contributed by atoms with Crippen LogP contribution >= 0.6 is 11.6 Å². The molecule has 1 aliphatic heterocycles. The third-order valence-electron chi connectivity index (χ3n) is 5.13. The second-order valence-electron chi connectivity index (χ2n) is 7.21. The fraction of sp³-hybridized carbons (Fsp3) is 0.333. The van der Waals surface area contributed by atoms with Gasteiger partial charge in [0.15, 0.2) is 0 Å². The van der Waals surface area contributed by atoms with E-state index in [1.807, 2.05) is 37.4 Å². The normalized spacial score (nSPS) is 15.4. The molecule has 0 atom stereocenters. The Hall–Kier alpha value is -2.37. The van der Waals surface area contributed by atoms with Gasteiger partial charge in [-0.15, -0.1) is 0 Å². The van der Waals surface area contributed by atoms with Crippen LogP contribution in [0.1, 0.15) is 16.8 Å². The molecule has 6 heteroatoms. The van der Waals surface area contributed by atoms with Crippen LogP contribution in [0.15, 0.2) is 47.4 Å². The summed E-state index contributed by atoms with van der Waals surface area (Å²) in [6.07, 6.45) is 1.83. The molecule has 0 radical (unpaired) electrons. The number of hydrogen-bond acceptors (Lipinski definition) is 4. The first-order valence-corrected chi connectivity index (χ1v) is 9.60. The lowest BCUT2D eigenvalue weighted by molar-refractivity contribution is 0.247. The first-order chi connectivity index (χ1) is 13.0. The SMILES string of the molecule is Cc1ccc2nc(CN3CCN(c4cc(Cl)ccc4C)CC3)cc(=O)n2c1. The van der Waals surface area contributed by atoms with E-state index in [1.54, 1.807) is 10.5 Å². The summed E-state index contributed by atoms with van der Waals surface area (Å²) < 4.78 is 1.61. The van der Waals surface area contributed by atoms with E-state index in [1.165, 1.54) is 11.3 Å². The Morgan fingerprint density at radius 3 is 2.59 bits per heavy atom. The molecule has 0 aliphatic carbocycles. The van der Waals surface area contributed by atoms with Gasteiger partial charge in [-0.1, -0.05) is 23.7 Å². The number of halogens is 1. The number of fused-ring (bicyclic) bond motifs is 1. The van der Waals surface area contributed by atoms with Crippen LogP contribution < -0.4 is 10.5 Å². The van der Waals surface area contributed by atoms with Crippen LogP contribution in [0.25, 0.3) is 5.65 Å². The van der Waals surface area contributed by atoms with Crippen molar-refractivity contribution in [3.63, 3.8) is 0 Å². The summed E-state index contributed by atoms with van der Waals surface area (Å²) in [5, 5.41) is 0.772. The summed E-state index contributed by atoms with van der Waals surface area (Å²) in [6.45, 7) is 8.52. The van der Waals surface area contributed by atoms with E-state index in [4.69, 9.17) is 11.6 Å². The van der Waals surface area contributed by atoms with Crippen molar-refractivity contribution < 1.29 is 0 Å². The molecule has 1 aliphatic rings. The second kappa shape index (κ2) is 7.33. The quantitative estimate of drug-likeness (QED) is 0.697. The predicted molar refractivity (Wildman–Crippen MR) is 110 cm³/mol. The number of nitrogens with zero attached hydrogens (tertiary/aromatic N) is 4. The van der Waals surface area contributed by atoms with Crippen LogP contribution in [0.3, 0.4) is 0 Å². The number of hydrogen-bond donors (Lipinski definition) is 0. The Morgan fingerprint density at radius 2 is 1.81 bits per heavy atom. The first kappa shape index (κ1) is 18.0. The lowest BCUT2D eigenvalue weighted by Gasteiger charge is -2.36. The van der Waals surface area contributed by atoms with Crippen molar-refractivity contribution in [3.05, 3.63) is 74.8 Å². The van der Waals surface area contributed by atoms with Crippen LogP contribution in [0.2, 0.25) is 5.02 Å². The van der Waals surface area contributed by atoms with Gasteiger partial charge in [0.25, 0.3) is 5.56 Å². The predicted octanol–water partition coefficient (Wildman–Crippen LogP) is 3.29. The van der Waals surface area contributed by atoms with Crippen molar-refractivity contribution in [2.45, 2.75) is 20.4 Å². The molecule has 27 heavy (non-hydrogen) atoms. The van der Waals surface area contributed by atoms with E-state index < -0.39 is 0 Å². The van der Waals surface area contributed by atoms with Crippen molar-refractivity contribution in [3.8, 4) is 0 Å². The van der Waals surface area contributed by atoms with Gasteiger partial charge in [-0.2, -0.15) is 0 Å². The molecule has 0 amide bonds. The number of piperazine rings is 1. The lowest BCUT2D eigenvalue weighted by atomic mass is 10.1. The average Bonchev–Trinajstić information content (AvgIpc) is 2.65. The summed E-state index contributed by atoms with van der Waals surface area (Å²) in [5.41, 5.74) is 5.01.